The Balaban J connectivity index is 2.02. The molecule has 1 fully saturated rings. The molecule has 1 aliphatic heterocycles. The van der Waals surface area contributed by atoms with Crippen LogP contribution in [-0.2, 0) is 6.18 Å². The summed E-state index contributed by atoms with van der Waals surface area (Å²) in [5, 5.41) is 3.25. The zero-order chi connectivity index (χ0) is 13.2. The second-order valence-corrected chi connectivity index (χ2v) is 4.65. The van der Waals surface area contributed by atoms with Crippen LogP contribution in [0.2, 0.25) is 0 Å². The maximum Gasteiger partial charge on any atom is 0.416 e. The summed E-state index contributed by atoms with van der Waals surface area (Å²) in [6.07, 6.45) is -3.34. The number of hydrogen-bond acceptors (Lipinski definition) is 2. The molecule has 1 aromatic carbocycles. The van der Waals surface area contributed by atoms with Gasteiger partial charge in [0.2, 0.25) is 0 Å². The van der Waals surface area contributed by atoms with E-state index in [1.807, 2.05) is 0 Å². The highest BCUT2D eigenvalue weighted by Gasteiger charge is 2.30. The molecule has 0 saturated carbocycles. The molecular formula is C13H16F3NO. The number of ether oxygens (including phenoxy) is 1. The number of halogens is 3. The number of rotatable bonds is 2. The molecule has 0 unspecified atom stereocenters. The van der Waals surface area contributed by atoms with Crippen LogP contribution >= 0.6 is 0 Å². The van der Waals surface area contributed by atoms with E-state index in [9.17, 15) is 13.2 Å². The molecule has 2 nitrogen and oxygen atoms in total. The van der Waals surface area contributed by atoms with E-state index < -0.39 is 11.7 Å². The van der Waals surface area contributed by atoms with Gasteiger partial charge in [0.05, 0.1) is 5.56 Å². The van der Waals surface area contributed by atoms with Gasteiger partial charge in [-0.25, -0.2) is 0 Å². The van der Waals surface area contributed by atoms with Crippen molar-refractivity contribution < 1.29 is 17.9 Å². The Hall–Kier alpha value is -1.23. The standard InChI is InChI=1S/C13H16F3NO/c1-9-8-17-7-6-12(9)18-11-4-2-10(3-5-11)13(14,15)16/h2-5,9,12,17H,6-8H2,1H3/t9-,12+/m1/s1. The highest BCUT2D eigenvalue weighted by Crippen LogP contribution is 2.30. The van der Waals surface area contributed by atoms with Gasteiger partial charge in [-0.3, -0.25) is 0 Å². The van der Waals surface area contributed by atoms with Crippen molar-refractivity contribution in [3.8, 4) is 5.75 Å². The van der Waals surface area contributed by atoms with E-state index in [1.54, 1.807) is 0 Å². The van der Waals surface area contributed by atoms with Gasteiger partial charge in [0.1, 0.15) is 11.9 Å². The summed E-state index contributed by atoms with van der Waals surface area (Å²) in [7, 11) is 0. The lowest BCUT2D eigenvalue weighted by Gasteiger charge is -2.30. The third-order valence-corrected chi connectivity index (χ3v) is 3.18. The predicted molar refractivity (Wildman–Crippen MR) is 62.5 cm³/mol. The molecule has 1 aliphatic rings. The van der Waals surface area contributed by atoms with Crippen molar-refractivity contribution in [2.45, 2.75) is 25.6 Å². The van der Waals surface area contributed by atoms with Crippen LogP contribution in [0.1, 0.15) is 18.9 Å². The normalized spacial score (nSPS) is 24.9. The number of benzene rings is 1. The van der Waals surface area contributed by atoms with Gasteiger partial charge < -0.3 is 10.1 Å². The Bertz CT molecular complexity index is 388. The van der Waals surface area contributed by atoms with Crippen LogP contribution < -0.4 is 10.1 Å². The highest BCUT2D eigenvalue weighted by molar-refractivity contribution is 5.29. The van der Waals surface area contributed by atoms with Gasteiger partial charge in [-0.15, -0.1) is 0 Å². The van der Waals surface area contributed by atoms with Crippen molar-refractivity contribution >= 4 is 0 Å². The fraction of sp³-hybridized carbons (Fsp3) is 0.538. The molecule has 1 heterocycles. The summed E-state index contributed by atoms with van der Waals surface area (Å²) in [5.41, 5.74) is -0.645. The maximum absolute atomic E-state index is 12.4. The summed E-state index contributed by atoms with van der Waals surface area (Å²) in [6, 6.07) is 4.89. The van der Waals surface area contributed by atoms with Gasteiger partial charge in [0, 0.05) is 12.5 Å². The molecule has 1 aromatic rings. The minimum Gasteiger partial charge on any atom is -0.490 e. The number of hydrogen-bond donors (Lipinski definition) is 1. The molecule has 18 heavy (non-hydrogen) atoms. The van der Waals surface area contributed by atoms with Crippen molar-refractivity contribution in [2.75, 3.05) is 13.1 Å². The first-order valence-corrected chi connectivity index (χ1v) is 6.01. The molecule has 0 radical (unpaired) electrons. The monoisotopic (exact) mass is 259 g/mol. The average molecular weight is 259 g/mol. The molecule has 1 N–H and O–H groups in total. The Morgan fingerprint density at radius 2 is 1.89 bits per heavy atom. The minimum atomic E-state index is -4.29. The highest BCUT2D eigenvalue weighted by atomic mass is 19.4. The van der Waals surface area contributed by atoms with Crippen molar-refractivity contribution in [3.63, 3.8) is 0 Å². The third-order valence-electron chi connectivity index (χ3n) is 3.18. The van der Waals surface area contributed by atoms with E-state index in [0.29, 0.717) is 11.7 Å². The van der Waals surface area contributed by atoms with E-state index >= 15 is 0 Å². The van der Waals surface area contributed by atoms with E-state index in [4.69, 9.17) is 4.74 Å². The lowest BCUT2D eigenvalue weighted by atomic mass is 9.98. The van der Waals surface area contributed by atoms with Crippen LogP contribution in [-0.4, -0.2) is 19.2 Å². The second kappa shape index (κ2) is 5.18. The average Bonchev–Trinajstić information content (AvgIpc) is 2.32. The first-order chi connectivity index (χ1) is 8.47. The van der Waals surface area contributed by atoms with Crippen molar-refractivity contribution in [3.05, 3.63) is 29.8 Å². The number of nitrogens with one attached hydrogen (secondary N) is 1. The molecular weight excluding hydrogens is 243 g/mol. The quantitative estimate of drug-likeness (QED) is 0.881. The fourth-order valence-corrected chi connectivity index (χ4v) is 2.06. The van der Waals surface area contributed by atoms with Gasteiger partial charge in [-0.05, 0) is 37.2 Å². The van der Waals surface area contributed by atoms with Crippen LogP contribution in [0.4, 0.5) is 13.2 Å². The zero-order valence-electron chi connectivity index (χ0n) is 10.1. The second-order valence-electron chi connectivity index (χ2n) is 4.65. The Morgan fingerprint density at radius 3 is 2.44 bits per heavy atom. The molecule has 100 valence electrons. The lowest BCUT2D eigenvalue weighted by molar-refractivity contribution is -0.137. The molecule has 1 saturated heterocycles. The fourth-order valence-electron chi connectivity index (χ4n) is 2.06. The van der Waals surface area contributed by atoms with Gasteiger partial charge in [-0.1, -0.05) is 6.92 Å². The molecule has 0 aliphatic carbocycles. The molecule has 0 spiro atoms. The Morgan fingerprint density at radius 1 is 1.22 bits per heavy atom. The van der Waals surface area contributed by atoms with Gasteiger partial charge in [-0.2, -0.15) is 13.2 Å². The van der Waals surface area contributed by atoms with Crippen LogP contribution in [0.15, 0.2) is 24.3 Å². The zero-order valence-corrected chi connectivity index (χ0v) is 10.1. The van der Waals surface area contributed by atoms with Crippen LogP contribution in [0, 0.1) is 5.92 Å². The third kappa shape index (κ3) is 3.16. The molecule has 5 heteroatoms. The van der Waals surface area contributed by atoms with Crippen molar-refractivity contribution in [1.82, 2.24) is 5.32 Å². The van der Waals surface area contributed by atoms with Crippen LogP contribution in [0.5, 0.6) is 5.75 Å². The van der Waals surface area contributed by atoms with E-state index in [2.05, 4.69) is 12.2 Å². The largest absolute Gasteiger partial charge is 0.490 e. The smallest absolute Gasteiger partial charge is 0.416 e. The Kier molecular flexibility index (Phi) is 3.80. The summed E-state index contributed by atoms with van der Waals surface area (Å²) in [5.74, 6) is 0.864. The number of piperidine rings is 1. The predicted octanol–water partition coefficient (Wildman–Crippen LogP) is 3.08. The SMILES string of the molecule is C[C@@H]1CNCC[C@@H]1Oc1ccc(C(F)(F)F)cc1. The molecule has 0 bridgehead atoms. The van der Waals surface area contributed by atoms with Crippen molar-refractivity contribution in [1.29, 1.82) is 0 Å². The van der Waals surface area contributed by atoms with Crippen LogP contribution in [0.25, 0.3) is 0 Å². The first-order valence-electron chi connectivity index (χ1n) is 6.01. The molecule has 0 aromatic heterocycles. The van der Waals surface area contributed by atoms with Gasteiger partial charge in [0.15, 0.2) is 0 Å². The van der Waals surface area contributed by atoms with Crippen molar-refractivity contribution in [2.24, 2.45) is 5.92 Å². The van der Waals surface area contributed by atoms with E-state index in [1.165, 1.54) is 12.1 Å². The maximum atomic E-state index is 12.4. The molecule has 2 atom stereocenters. The summed E-state index contributed by atoms with van der Waals surface area (Å²) in [6.45, 7) is 3.84. The molecule has 0 amide bonds. The minimum absolute atomic E-state index is 0.0722. The van der Waals surface area contributed by atoms with Gasteiger partial charge in [0.25, 0.3) is 0 Å². The molecule has 2 rings (SSSR count). The summed E-state index contributed by atoms with van der Waals surface area (Å²) in [4.78, 5) is 0. The Labute approximate surface area is 104 Å². The summed E-state index contributed by atoms with van der Waals surface area (Å²) < 4.78 is 42.9. The van der Waals surface area contributed by atoms with E-state index in [0.717, 1.165) is 31.6 Å². The topological polar surface area (TPSA) is 21.3 Å². The first kappa shape index (κ1) is 13.2. The van der Waals surface area contributed by atoms with Crippen LogP contribution in [0.3, 0.4) is 0 Å². The lowest BCUT2D eigenvalue weighted by Crippen LogP contribution is -2.41. The number of alkyl halides is 3. The van der Waals surface area contributed by atoms with E-state index in [-0.39, 0.29) is 6.10 Å². The van der Waals surface area contributed by atoms with Gasteiger partial charge >= 0.3 is 6.18 Å². The summed E-state index contributed by atoms with van der Waals surface area (Å²) >= 11 is 0.